The van der Waals surface area contributed by atoms with Crippen LogP contribution in [0.15, 0.2) is 24.4 Å². The number of hydrogen-bond acceptors (Lipinski definition) is 4. The second-order valence-corrected chi connectivity index (χ2v) is 5.08. The molecule has 1 aromatic heterocycles. The summed E-state index contributed by atoms with van der Waals surface area (Å²) >= 11 is 1.29. The average molecular weight is 283 g/mol. The highest BCUT2D eigenvalue weighted by Gasteiger charge is 2.16. The molecule has 1 unspecified atom stereocenters. The topological polar surface area (TPSA) is 37.8 Å². The summed E-state index contributed by atoms with van der Waals surface area (Å²) in [5.41, 5.74) is 0.489. The van der Waals surface area contributed by atoms with Crippen molar-refractivity contribution in [3.63, 3.8) is 0 Å². The molecule has 0 saturated heterocycles. The van der Waals surface area contributed by atoms with E-state index in [1.165, 1.54) is 23.7 Å². The van der Waals surface area contributed by atoms with Crippen LogP contribution < -0.4 is 5.32 Å². The molecule has 6 heteroatoms. The van der Waals surface area contributed by atoms with Crippen molar-refractivity contribution in [1.29, 1.82) is 0 Å². The maximum absolute atomic E-state index is 13.7. The zero-order valence-electron chi connectivity index (χ0n) is 10.6. The number of aromatic nitrogens is 2. The van der Waals surface area contributed by atoms with Gasteiger partial charge in [0, 0.05) is 12.1 Å². The molecule has 1 aromatic carbocycles. The van der Waals surface area contributed by atoms with Crippen LogP contribution in [0.1, 0.15) is 29.8 Å². The summed E-state index contributed by atoms with van der Waals surface area (Å²) in [7, 11) is 0. The Morgan fingerprint density at radius 3 is 2.84 bits per heavy atom. The first-order valence-electron chi connectivity index (χ1n) is 6.15. The van der Waals surface area contributed by atoms with Gasteiger partial charge in [0.1, 0.15) is 11.6 Å². The Labute approximate surface area is 114 Å². The minimum absolute atomic E-state index is 0.0417. The lowest BCUT2D eigenvalue weighted by Crippen LogP contribution is -2.23. The maximum Gasteiger partial charge on any atom is 0.129 e. The van der Waals surface area contributed by atoms with E-state index >= 15 is 0 Å². The largest absolute Gasteiger partial charge is 0.309 e. The first-order chi connectivity index (χ1) is 9.20. The van der Waals surface area contributed by atoms with Crippen LogP contribution in [-0.4, -0.2) is 16.1 Å². The molecule has 0 saturated carbocycles. The molecule has 0 aliphatic heterocycles. The van der Waals surface area contributed by atoms with Gasteiger partial charge in [0.25, 0.3) is 0 Å². The molecule has 0 spiro atoms. The fraction of sp³-hybridized carbons (Fsp3) is 0.385. The fourth-order valence-corrected chi connectivity index (χ4v) is 2.40. The van der Waals surface area contributed by atoms with Crippen molar-refractivity contribution in [2.75, 3.05) is 6.54 Å². The van der Waals surface area contributed by atoms with Gasteiger partial charge >= 0.3 is 0 Å². The van der Waals surface area contributed by atoms with Crippen molar-refractivity contribution in [2.45, 2.75) is 25.8 Å². The molecular formula is C13H15F2N3S. The summed E-state index contributed by atoms with van der Waals surface area (Å²) in [6.07, 6.45) is 3.12. The van der Waals surface area contributed by atoms with Crippen LogP contribution in [0.3, 0.4) is 0 Å². The lowest BCUT2D eigenvalue weighted by Gasteiger charge is -2.16. The summed E-state index contributed by atoms with van der Waals surface area (Å²) < 4.78 is 30.4. The highest BCUT2D eigenvalue weighted by atomic mass is 32.1. The predicted octanol–water partition coefficient (Wildman–Crippen LogP) is 3.10. The Morgan fingerprint density at radius 1 is 1.37 bits per heavy atom. The third-order valence-corrected chi connectivity index (χ3v) is 3.58. The van der Waals surface area contributed by atoms with Gasteiger partial charge in [-0.25, -0.2) is 8.78 Å². The number of benzene rings is 1. The smallest absolute Gasteiger partial charge is 0.129 e. The number of nitrogens with one attached hydrogen (secondary N) is 1. The Morgan fingerprint density at radius 2 is 2.21 bits per heavy atom. The number of nitrogens with zero attached hydrogens (tertiary/aromatic N) is 2. The number of rotatable bonds is 6. The van der Waals surface area contributed by atoms with Crippen LogP contribution in [0.5, 0.6) is 0 Å². The normalized spacial score (nSPS) is 12.6. The monoisotopic (exact) mass is 283 g/mol. The predicted molar refractivity (Wildman–Crippen MR) is 71.0 cm³/mol. The Bertz CT molecular complexity index is 517. The first kappa shape index (κ1) is 14.0. The minimum Gasteiger partial charge on any atom is -0.309 e. The number of hydrogen-bond donors (Lipinski definition) is 1. The molecule has 0 aliphatic carbocycles. The van der Waals surface area contributed by atoms with E-state index in [1.54, 1.807) is 6.20 Å². The van der Waals surface area contributed by atoms with Gasteiger partial charge in [-0.05, 0) is 42.5 Å². The van der Waals surface area contributed by atoms with Crippen molar-refractivity contribution in [2.24, 2.45) is 0 Å². The third-order valence-electron chi connectivity index (χ3n) is 2.80. The van der Waals surface area contributed by atoms with Crippen LogP contribution >= 0.6 is 11.5 Å². The van der Waals surface area contributed by atoms with Crippen molar-refractivity contribution < 1.29 is 8.78 Å². The van der Waals surface area contributed by atoms with E-state index in [2.05, 4.69) is 21.8 Å². The van der Waals surface area contributed by atoms with E-state index in [9.17, 15) is 8.78 Å². The second-order valence-electron chi connectivity index (χ2n) is 4.27. The number of halogens is 2. The molecule has 0 bridgehead atoms. The van der Waals surface area contributed by atoms with Crippen LogP contribution in [0, 0.1) is 11.6 Å². The van der Waals surface area contributed by atoms with Crippen LogP contribution in [0.4, 0.5) is 8.78 Å². The molecule has 0 fully saturated rings. The molecule has 0 amide bonds. The van der Waals surface area contributed by atoms with Gasteiger partial charge in [-0.3, -0.25) is 0 Å². The summed E-state index contributed by atoms with van der Waals surface area (Å²) in [6.45, 7) is 2.89. The molecule has 0 radical (unpaired) electrons. The lowest BCUT2D eigenvalue weighted by molar-refractivity contribution is 0.513. The molecule has 1 heterocycles. The second kappa shape index (κ2) is 6.68. The average Bonchev–Trinajstić information content (AvgIpc) is 2.90. The first-order valence-corrected chi connectivity index (χ1v) is 6.92. The zero-order chi connectivity index (χ0) is 13.7. The van der Waals surface area contributed by atoms with E-state index < -0.39 is 11.6 Å². The van der Waals surface area contributed by atoms with Gasteiger partial charge in [-0.2, -0.15) is 0 Å². The molecule has 19 heavy (non-hydrogen) atoms. The molecule has 102 valence electrons. The van der Waals surface area contributed by atoms with Crippen molar-refractivity contribution in [1.82, 2.24) is 14.9 Å². The van der Waals surface area contributed by atoms with E-state index in [0.717, 1.165) is 23.9 Å². The van der Waals surface area contributed by atoms with Crippen LogP contribution in [0.2, 0.25) is 0 Å². The van der Waals surface area contributed by atoms with Gasteiger partial charge in [0.05, 0.1) is 11.1 Å². The molecule has 1 N–H and O–H groups in total. The molecule has 3 nitrogen and oxygen atoms in total. The van der Waals surface area contributed by atoms with E-state index in [4.69, 9.17) is 0 Å². The Kier molecular flexibility index (Phi) is 4.93. The summed E-state index contributed by atoms with van der Waals surface area (Å²) in [6, 6.07) is 3.64. The zero-order valence-corrected chi connectivity index (χ0v) is 11.4. The quantitative estimate of drug-likeness (QED) is 0.885. The minimum atomic E-state index is -0.557. The molecule has 2 aromatic rings. The van der Waals surface area contributed by atoms with Crippen molar-refractivity contribution in [3.8, 4) is 0 Å². The van der Waals surface area contributed by atoms with Crippen molar-refractivity contribution in [3.05, 3.63) is 46.5 Å². The summed E-state index contributed by atoms with van der Waals surface area (Å²) in [5, 5.41) is 7.14. The lowest BCUT2D eigenvalue weighted by atomic mass is 10.0. The van der Waals surface area contributed by atoms with Crippen LogP contribution in [-0.2, 0) is 6.42 Å². The summed E-state index contributed by atoms with van der Waals surface area (Å²) in [4.78, 5) is 0.956. The molecule has 2 rings (SSSR count). The Hall–Kier alpha value is -1.40. The third kappa shape index (κ3) is 3.78. The van der Waals surface area contributed by atoms with E-state index in [1.807, 2.05) is 0 Å². The molecule has 0 aliphatic rings. The van der Waals surface area contributed by atoms with Gasteiger partial charge in [-0.15, -0.1) is 5.10 Å². The fourth-order valence-electron chi connectivity index (χ4n) is 1.83. The molecular weight excluding hydrogens is 268 g/mol. The highest BCUT2D eigenvalue weighted by Crippen LogP contribution is 2.22. The van der Waals surface area contributed by atoms with E-state index in [-0.39, 0.29) is 6.04 Å². The van der Waals surface area contributed by atoms with Gasteiger partial charge < -0.3 is 5.32 Å². The molecule has 1 atom stereocenters. The van der Waals surface area contributed by atoms with Gasteiger partial charge in [-0.1, -0.05) is 17.5 Å². The summed E-state index contributed by atoms with van der Waals surface area (Å²) in [5.74, 6) is -1.07. The van der Waals surface area contributed by atoms with Gasteiger partial charge in [0.2, 0.25) is 0 Å². The van der Waals surface area contributed by atoms with E-state index in [0.29, 0.717) is 12.0 Å². The maximum atomic E-state index is 13.7. The van der Waals surface area contributed by atoms with Crippen molar-refractivity contribution >= 4 is 11.5 Å². The van der Waals surface area contributed by atoms with Gasteiger partial charge in [0.15, 0.2) is 0 Å². The highest BCUT2D eigenvalue weighted by molar-refractivity contribution is 7.05. The SMILES string of the molecule is CCCNC(Cc1ccc(F)cc1F)c1cnns1. The van der Waals surface area contributed by atoms with Crippen LogP contribution in [0.25, 0.3) is 0 Å². The Balaban J connectivity index is 2.15. The standard InChI is InChI=1S/C13H15F2N3S/c1-2-5-16-12(13-8-17-18-19-13)6-9-3-4-10(14)7-11(9)15/h3-4,7-8,12,16H,2,5-6H2,1H3.